The number of amides is 1. The Labute approximate surface area is 192 Å². The van der Waals surface area contributed by atoms with Gasteiger partial charge >= 0.3 is 0 Å². The Morgan fingerprint density at radius 2 is 1.83 bits per heavy atom. The van der Waals surface area contributed by atoms with Crippen molar-refractivity contribution >= 4 is 52.1 Å². The van der Waals surface area contributed by atoms with Crippen molar-refractivity contribution in [2.24, 2.45) is 5.10 Å². The number of carbonyl (C=O) groups excluding carboxylic acids is 1. The number of hydrogen-bond donors (Lipinski definition) is 1. The van der Waals surface area contributed by atoms with Crippen molar-refractivity contribution < 1.29 is 4.79 Å². The fourth-order valence-electron chi connectivity index (χ4n) is 3.37. The number of hydrazone groups is 1. The van der Waals surface area contributed by atoms with Gasteiger partial charge in [0.15, 0.2) is 0 Å². The molecule has 2 aromatic rings. The van der Waals surface area contributed by atoms with Gasteiger partial charge in [0.2, 0.25) is 0 Å². The first-order valence-corrected chi connectivity index (χ1v) is 11.1. The minimum atomic E-state index is -0.208. The van der Waals surface area contributed by atoms with Gasteiger partial charge in [0.1, 0.15) is 5.71 Å². The van der Waals surface area contributed by atoms with Crippen molar-refractivity contribution in [2.45, 2.75) is 38.6 Å². The van der Waals surface area contributed by atoms with E-state index in [1.54, 1.807) is 17.1 Å². The van der Waals surface area contributed by atoms with Crippen molar-refractivity contribution in [3.63, 3.8) is 0 Å². The minimum absolute atomic E-state index is 0.174. The molecule has 0 fully saturated rings. The highest BCUT2D eigenvalue weighted by Crippen LogP contribution is 2.39. The third-order valence-corrected chi connectivity index (χ3v) is 5.76. The normalized spacial score (nSPS) is 16.1. The molecule has 8 heteroatoms. The predicted molar refractivity (Wildman–Crippen MR) is 125 cm³/mol. The van der Waals surface area contributed by atoms with Crippen LogP contribution in [0.4, 0.5) is 5.69 Å². The SMILES string of the molecule is CCCCCN(C)NC(=O)C1=NN(c2ccc(Cl)cc2Cl)C(c2ccc(Cl)cc2)C1. The van der Waals surface area contributed by atoms with E-state index >= 15 is 0 Å². The lowest BCUT2D eigenvalue weighted by Crippen LogP contribution is -2.43. The molecule has 0 radical (unpaired) electrons. The third-order valence-electron chi connectivity index (χ3n) is 4.97. The lowest BCUT2D eigenvalue weighted by atomic mass is 10.0. The number of unbranched alkanes of at least 4 members (excludes halogenated alkanes) is 2. The molecule has 160 valence electrons. The number of nitrogens with one attached hydrogen (secondary N) is 1. The Hall–Kier alpha value is -1.79. The first-order valence-electron chi connectivity index (χ1n) is 9.98. The molecular formula is C22H25Cl3N4O. The van der Waals surface area contributed by atoms with Crippen LogP contribution in [0.1, 0.15) is 44.2 Å². The standard InChI is InChI=1S/C22H25Cl3N4O/c1-3-4-5-12-28(2)27-22(30)19-14-21(15-6-8-16(23)9-7-15)29(26-19)20-11-10-17(24)13-18(20)25/h6-11,13,21H,3-5,12,14H2,1-2H3,(H,27,30). The van der Waals surface area contributed by atoms with Crippen LogP contribution < -0.4 is 10.4 Å². The Kier molecular flexibility index (Phi) is 8.00. The maximum absolute atomic E-state index is 12.8. The van der Waals surface area contributed by atoms with Crippen molar-refractivity contribution in [3.05, 3.63) is 63.1 Å². The molecule has 1 aliphatic heterocycles. The summed E-state index contributed by atoms with van der Waals surface area (Å²) in [6.07, 6.45) is 3.74. The number of halogens is 3. The third kappa shape index (κ3) is 5.67. The molecule has 5 nitrogen and oxygen atoms in total. The lowest BCUT2D eigenvalue weighted by Gasteiger charge is -2.25. The topological polar surface area (TPSA) is 47.9 Å². The van der Waals surface area contributed by atoms with Gasteiger partial charge in [-0.2, -0.15) is 5.10 Å². The summed E-state index contributed by atoms with van der Waals surface area (Å²) in [5.74, 6) is -0.208. The molecule has 1 atom stereocenters. The molecule has 1 heterocycles. The minimum Gasteiger partial charge on any atom is -0.284 e. The van der Waals surface area contributed by atoms with Crippen LogP contribution in [-0.2, 0) is 4.79 Å². The Morgan fingerprint density at radius 1 is 1.13 bits per heavy atom. The number of rotatable bonds is 8. The van der Waals surface area contributed by atoms with E-state index in [0.717, 1.165) is 31.4 Å². The van der Waals surface area contributed by atoms with Gasteiger partial charge in [-0.05, 0) is 42.3 Å². The summed E-state index contributed by atoms with van der Waals surface area (Å²) >= 11 is 18.6. The zero-order valence-corrected chi connectivity index (χ0v) is 19.3. The van der Waals surface area contributed by atoms with E-state index in [2.05, 4.69) is 17.5 Å². The number of carbonyl (C=O) groups is 1. The maximum atomic E-state index is 12.8. The lowest BCUT2D eigenvalue weighted by molar-refractivity contribution is -0.118. The van der Waals surface area contributed by atoms with E-state index < -0.39 is 0 Å². The summed E-state index contributed by atoms with van der Waals surface area (Å²) in [5.41, 5.74) is 5.06. The van der Waals surface area contributed by atoms with Gasteiger partial charge in [0.05, 0.1) is 16.8 Å². The summed E-state index contributed by atoms with van der Waals surface area (Å²) in [4.78, 5) is 12.8. The first kappa shape index (κ1) is 22.9. The Morgan fingerprint density at radius 3 is 2.50 bits per heavy atom. The van der Waals surface area contributed by atoms with Crippen molar-refractivity contribution in [2.75, 3.05) is 18.6 Å². The molecule has 0 saturated carbocycles. The van der Waals surface area contributed by atoms with Gasteiger partial charge in [0, 0.05) is 30.1 Å². The molecule has 0 aromatic heterocycles. The van der Waals surface area contributed by atoms with Crippen LogP contribution in [0.25, 0.3) is 0 Å². The number of hydrogen-bond acceptors (Lipinski definition) is 4. The summed E-state index contributed by atoms with van der Waals surface area (Å²) < 4.78 is 0. The second-order valence-corrected chi connectivity index (χ2v) is 8.61. The highest BCUT2D eigenvalue weighted by molar-refractivity contribution is 6.40. The first-order chi connectivity index (χ1) is 14.4. The van der Waals surface area contributed by atoms with E-state index in [-0.39, 0.29) is 11.9 Å². The van der Waals surface area contributed by atoms with Gasteiger partial charge in [-0.15, -0.1) is 0 Å². The van der Waals surface area contributed by atoms with Gasteiger partial charge in [-0.25, -0.2) is 5.01 Å². The largest absolute Gasteiger partial charge is 0.284 e. The molecule has 0 spiro atoms. The second kappa shape index (κ2) is 10.5. The molecule has 0 aliphatic carbocycles. The van der Waals surface area contributed by atoms with Crippen LogP contribution >= 0.6 is 34.8 Å². The number of nitrogens with zero attached hydrogens (tertiary/aromatic N) is 3. The van der Waals surface area contributed by atoms with Gasteiger partial charge in [-0.3, -0.25) is 15.2 Å². The molecule has 0 bridgehead atoms. The molecule has 1 N–H and O–H groups in total. The fourth-order valence-corrected chi connectivity index (χ4v) is 3.99. The smallest absolute Gasteiger partial charge is 0.281 e. The zero-order valence-electron chi connectivity index (χ0n) is 17.0. The number of anilines is 1. The second-order valence-electron chi connectivity index (χ2n) is 7.33. The molecule has 1 aliphatic rings. The van der Waals surface area contributed by atoms with Gasteiger partial charge in [0.25, 0.3) is 5.91 Å². The molecule has 1 amide bonds. The highest BCUT2D eigenvalue weighted by atomic mass is 35.5. The molecule has 1 unspecified atom stereocenters. The van der Waals surface area contributed by atoms with Crippen LogP contribution in [0, 0.1) is 0 Å². The highest BCUT2D eigenvalue weighted by Gasteiger charge is 2.33. The average molecular weight is 468 g/mol. The van der Waals surface area contributed by atoms with E-state index in [9.17, 15) is 4.79 Å². The Bertz CT molecular complexity index is 917. The van der Waals surface area contributed by atoms with Crippen molar-refractivity contribution in [3.8, 4) is 0 Å². The van der Waals surface area contributed by atoms with Crippen LogP contribution in [0.3, 0.4) is 0 Å². The molecular weight excluding hydrogens is 443 g/mol. The maximum Gasteiger partial charge on any atom is 0.281 e. The fraction of sp³-hybridized carbons (Fsp3) is 0.364. The summed E-state index contributed by atoms with van der Waals surface area (Å²) in [6, 6.07) is 12.6. The predicted octanol–water partition coefficient (Wildman–Crippen LogP) is 6.11. The van der Waals surface area contributed by atoms with Crippen LogP contribution in [-0.4, -0.2) is 30.2 Å². The van der Waals surface area contributed by atoms with Crippen LogP contribution in [0.2, 0.25) is 15.1 Å². The number of benzene rings is 2. The van der Waals surface area contributed by atoms with Crippen LogP contribution in [0.15, 0.2) is 47.6 Å². The molecule has 0 saturated heterocycles. The van der Waals surface area contributed by atoms with Gasteiger partial charge < -0.3 is 0 Å². The van der Waals surface area contributed by atoms with Crippen LogP contribution in [0.5, 0.6) is 0 Å². The van der Waals surface area contributed by atoms with Gasteiger partial charge in [-0.1, -0.05) is 66.7 Å². The molecule has 30 heavy (non-hydrogen) atoms. The summed E-state index contributed by atoms with van der Waals surface area (Å²) in [7, 11) is 1.87. The van der Waals surface area contributed by atoms with E-state index in [4.69, 9.17) is 34.8 Å². The zero-order chi connectivity index (χ0) is 21.7. The monoisotopic (exact) mass is 466 g/mol. The molecule has 2 aromatic carbocycles. The molecule has 3 rings (SSSR count). The quantitative estimate of drug-likeness (QED) is 0.376. The summed E-state index contributed by atoms with van der Waals surface area (Å²) in [5, 5.41) is 9.90. The van der Waals surface area contributed by atoms with Crippen molar-refractivity contribution in [1.29, 1.82) is 0 Å². The average Bonchev–Trinajstić information content (AvgIpc) is 3.14. The summed E-state index contributed by atoms with van der Waals surface area (Å²) in [6.45, 7) is 2.94. The Balaban J connectivity index is 1.84. The van der Waals surface area contributed by atoms with E-state index in [1.807, 2.05) is 42.4 Å². The van der Waals surface area contributed by atoms with E-state index in [1.165, 1.54) is 0 Å². The number of hydrazine groups is 1. The van der Waals surface area contributed by atoms with Crippen molar-refractivity contribution in [1.82, 2.24) is 10.4 Å². The van der Waals surface area contributed by atoms with E-state index in [0.29, 0.717) is 32.9 Å².